The van der Waals surface area contributed by atoms with Gasteiger partial charge < -0.3 is 10.1 Å². The monoisotopic (exact) mass is 427 g/mol. The number of methoxy groups -OCH3 is 1. The highest BCUT2D eigenvalue weighted by Gasteiger charge is 2.09. The average molecular weight is 429 g/mol. The molecule has 0 unspecified atom stereocenters. The van der Waals surface area contributed by atoms with E-state index < -0.39 is 0 Å². The van der Waals surface area contributed by atoms with Crippen molar-refractivity contribution in [1.82, 2.24) is 9.78 Å². The molecule has 1 N–H and O–H groups in total. The van der Waals surface area contributed by atoms with Crippen LogP contribution in [0.15, 0.2) is 35.3 Å². The molecule has 0 amide bonds. The third kappa shape index (κ3) is 6.04. The number of hydrogen-bond acceptors (Lipinski definition) is 4. The van der Waals surface area contributed by atoms with Crippen molar-refractivity contribution >= 4 is 33.2 Å². The SMILES string of the molecule is COc1ccc(CCNc2cnn(CCCCCBr)c(=O)c2Cl)cc1. The topological polar surface area (TPSA) is 56.1 Å². The molecule has 0 aliphatic rings. The number of ether oxygens (including phenoxy) is 1. The predicted molar refractivity (Wildman–Crippen MR) is 106 cm³/mol. The highest BCUT2D eigenvalue weighted by atomic mass is 79.9. The molecule has 0 atom stereocenters. The van der Waals surface area contributed by atoms with E-state index in [9.17, 15) is 4.79 Å². The van der Waals surface area contributed by atoms with Crippen LogP contribution in [-0.2, 0) is 13.0 Å². The summed E-state index contributed by atoms with van der Waals surface area (Å²) in [7, 11) is 1.65. The van der Waals surface area contributed by atoms with Crippen LogP contribution in [0.2, 0.25) is 5.02 Å². The fraction of sp³-hybridized carbons (Fsp3) is 0.444. The van der Waals surface area contributed by atoms with E-state index in [1.54, 1.807) is 13.3 Å². The smallest absolute Gasteiger partial charge is 0.287 e. The first-order chi connectivity index (χ1) is 12.2. The summed E-state index contributed by atoms with van der Waals surface area (Å²) >= 11 is 9.60. The number of anilines is 1. The standard InChI is InChI=1S/C18H23BrClN3O2/c1-25-15-7-5-14(6-8-15)9-11-21-16-13-22-23(18(24)17(16)20)12-4-2-3-10-19/h5-8,13,21H,2-4,9-12H2,1H3. The van der Waals surface area contributed by atoms with Gasteiger partial charge in [-0.1, -0.05) is 46.1 Å². The molecule has 5 nitrogen and oxygen atoms in total. The van der Waals surface area contributed by atoms with Gasteiger partial charge in [-0.25, -0.2) is 4.68 Å². The van der Waals surface area contributed by atoms with Gasteiger partial charge in [0, 0.05) is 18.4 Å². The van der Waals surface area contributed by atoms with Gasteiger partial charge in [-0.15, -0.1) is 0 Å². The Morgan fingerprint density at radius 1 is 1.24 bits per heavy atom. The Hall–Kier alpha value is -1.53. The van der Waals surface area contributed by atoms with Gasteiger partial charge >= 0.3 is 0 Å². The van der Waals surface area contributed by atoms with E-state index in [2.05, 4.69) is 26.3 Å². The Kier molecular flexibility index (Phi) is 8.28. The number of halogens is 2. The van der Waals surface area contributed by atoms with E-state index in [1.807, 2.05) is 24.3 Å². The highest BCUT2D eigenvalue weighted by molar-refractivity contribution is 9.09. The molecular weight excluding hydrogens is 406 g/mol. The maximum atomic E-state index is 12.3. The summed E-state index contributed by atoms with van der Waals surface area (Å²) in [4.78, 5) is 12.3. The lowest BCUT2D eigenvalue weighted by molar-refractivity contribution is 0.414. The first-order valence-electron chi connectivity index (χ1n) is 8.34. The Morgan fingerprint density at radius 2 is 2.00 bits per heavy atom. The Bertz CT molecular complexity index is 719. The van der Waals surface area contributed by atoms with Crippen LogP contribution < -0.4 is 15.6 Å². The minimum atomic E-state index is -0.241. The van der Waals surface area contributed by atoms with Crippen molar-refractivity contribution in [2.75, 3.05) is 24.3 Å². The number of benzene rings is 1. The van der Waals surface area contributed by atoms with Crippen molar-refractivity contribution in [2.45, 2.75) is 32.2 Å². The van der Waals surface area contributed by atoms with Gasteiger partial charge in [0.05, 0.1) is 19.0 Å². The van der Waals surface area contributed by atoms with Crippen LogP contribution in [0.25, 0.3) is 0 Å². The Morgan fingerprint density at radius 3 is 2.68 bits per heavy atom. The van der Waals surface area contributed by atoms with Crippen LogP contribution in [0, 0.1) is 0 Å². The second-order valence-electron chi connectivity index (χ2n) is 5.68. The van der Waals surface area contributed by atoms with Crippen LogP contribution >= 0.6 is 27.5 Å². The van der Waals surface area contributed by atoms with E-state index in [4.69, 9.17) is 16.3 Å². The molecule has 2 rings (SSSR count). The van der Waals surface area contributed by atoms with E-state index in [1.165, 1.54) is 10.2 Å². The van der Waals surface area contributed by atoms with Crippen molar-refractivity contribution < 1.29 is 4.74 Å². The lowest BCUT2D eigenvalue weighted by Gasteiger charge is -2.10. The molecule has 0 saturated carbocycles. The largest absolute Gasteiger partial charge is 0.497 e. The fourth-order valence-corrected chi connectivity index (χ4v) is 3.02. The summed E-state index contributed by atoms with van der Waals surface area (Å²) in [6.07, 6.45) is 5.50. The van der Waals surface area contributed by atoms with Gasteiger partial charge in [-0.2, -0.15) is 5.10 Å². The molecular formula is C18H23BrClN3O2. The second kappa shape index (κ2) is 10.5. The van der Waals surface area contributed by atoms with Crippen molar-refractivity contribution in [3.8, 4) is 5.75 Å². The summed E-state index contributed by atoms with van der Waals surface area (Å²) in [6, 6.07) is 7.90. The van der Waals surface area contributed by atoms with Crippen molar-refractivity contribution in [2.24, 2.45) is 0 Å². The number of alkyl halides is 1. The maximum Gasteiger partial charge on any atom is 0.287 e. The van der Waals surface area contributed by atoms with Gasteiger partial charge in [-0.3, -0.25) is 4.79 Å². The number of aryl methyl sites for hydroxylation is 1. The Labute approximate surface area is 161 Å². The zero-order valence-electron chi connectivity index (χ0n) is 14.3. The van der Waals surface area contributed by atoms with E-state index in [0.29, 0.717) is 18.8 Å². The normalized spacial score (nSPS) is 10.7. The third-order valence-electron chi connectivity index (χ3n) is 3.88. The van der Waals surface area contributed by atoms with Gasteiger partial charge in [-0.05, 0) is 37.0 Å². The lowest BCUT2D eigenvalue weighted by atomic mass is 10.1. The summed E-state index contributed by atoms with van der Waals surface area (Å²) in [5, 5.41) is 8.58. The summed E-state index contributed by atoms with van der Waals surface area (Å²) < 4.78 is 6.58. The van der Waals surface area contributed by atoms with Gasteiger partial charge in [0.15, 0.2) is 0 Å². The average Bonchev–Trinajstić information content (AvgIpc) is 2.64. The molecule has 1 aromatic heterocycles. The van der Waals surface area contributed by atoms with E-state index in [-0.39, 0.29) is 10.6 Å². The third-order valence-corrected chi connectivity index (χ3v) is 4.80. The first-order valence-corrected chi connectivity index (χ1v) is 9.84. The molecule has 0 bridgehead atoms. The maximum absolute atomic E-state index is 12.3. The number of rotatable bonds is 10. The number of nitrogens with zero attached hydrogens (tertiary/aromatic N) is 2. The van der Waals surface area contributed by atoms with Crippen LogP contribution in [0.3, 0.4) is 0 Å². The van der Waals surface area contributed by atoms with Crippen LogP contribution in [-0.4, -0.2) is 28.8 Å². The summed E-state index contributed by atoms with van der Waals surface area (Å²) in [5.74, 6) is 0.837. The minimum Gasteiger partial charge on any atom is -0.497 e. The molecule has 25 heavy (non-hydrogen) atoms. The highest BCUT2D eigenvalue weighted by Crippen LogP contribution is 2.16. The number of unbranched alkanes of at least 4 members (excludes halogenated alkanes) is 2. The van der Waals surface area contributed by atoms with E-state index >= 15 is 0 Å². The van der Waals surface area contributed by atoms with Crippen molar-refractivity contribution in [3.05, 3.63) is 51.4 Å². The molecule has 1 aromatic carbocycles. The van der Waals surface area contributed by atoms with Gasteiger partial charge in [0.25, 0.3) is 5.56 Å². The summed E-state index contributed by atoms with van der Waals surface area (Å²) in [6.45, 7) is 1.26. The zero-order chi connectivity index (χ0) is 18.1. The molecule has 0 saturated heterocycles. The van der Waals surface area contributed by atoms with Gasteiger partial charge in [0.2, 0.25) is 0 Å². The molecule has 0 aliphatic carbocycles. The number of nitrogens with one attached hydrogen (secondary N) is 1. The zero-order valence-corrected chi connectivity index (χ0v) is 16.6. The van der Waals surface area contributed by atoms with Crippen molar-refractivity contribution in [3.63, 3.8) is 0 Å². The van der Waals surface area contributed by atoms with Crippen LogP contribution in [0.4, 0.5) is 5.69 Å². The quantitative estimate of drug-likeness (QED) is 0.457. The fourth-order valence-electron chi connectivity index (χ4n) is 2.41. The van der Waals surface area contributed by atoms with Crippen LogP contribution in [0.1, 0.15) is 24.8 Å². The van der Waals surface area contributed by atoms with Crippen LogP contribution in [0.5, 0.6) is 5.75 Å². The summed E-state index contributed by atoms with van der Waals surface area (Å²) in [5.41, 5.74) is 1.52. The Balaban J connectivity index is 1.89. The molecule has 7 heteroatoms. The molecule has 1 heterocycles. The molecule has 0 aliphatic heterocycles. The molecule has 0 fully saturated rings. The molecule has 136 valence electrons. The number of hydrogen-bond donors (Lipinski definition) is 1. The molecule has 0 radical (unpaired) electrons. The first kappa shape index (κ1) is 19.8. The van der Waals surface area contributed by atoms with Crippen molar-refractivity contribution in [1.29, 1.82) is 0 Å². The lowest BCUT2D eigenvalue weighted by Crippen LogP contribution is -2.24. The molecule has 0 spiro atoms. The van der Waals surface area contributed by atoms with E-state index in [0.717, 1.165) is 36.8 Å². The predicted octanol–water partition coefficient (Wildman–Crippen LogP) is 4.13. The molecule has 2 aromatic rings. The minimum absolute atomic E-state index is 0.199. The number of aromatic nitrogens is 2. The van der Waals surface area contributed by atoms with Gasteiger partial charge in [0.1, 0.15) is 10.8 Å². The second-order valence-corrected chi connectivity index (χ2v) is 6.85.